The van der Waals surface area contributed by atoms with Crippen molar-refractivity contribution in [1.82, 2.24) is 10.2 Å². The second-order valence-corrected chi connectivity index (χ2v) is 5.18. The van der Waals surface area contributed by atoms with Gasteiger partial charge in [-0.25, -0.2) is 8.78 Å². The van der Waals surface area contributed by atoms with Crippen LogP contribution in [-0.4, -0.2) is 35.2 Å². The molecular formula is C12H9BrF2N2O3. The Morgan fingerprint density at radius 2 is 1.90 bits per heavy atom. The molecule has 1 unspecified atom stereocenters. The van der Waals surface area contributed by atoms with Crippen LogP contribution in [0.4, 0.5) is 8.78 Å². The maximum Gasteiger partial charge on any atom is 0.260 e. The maximum absolute atomic E-state index is 13.7. The molecule has 8 heteroatoms. The highest BCUT2D eigenvalue weighted by Crippen LogP contribution is 2.22. The zero-order chi connectivity index (χ0) is 15.0. The van der Waals surface area contributed by atoms with E-state index in [0.29, 0.717) is 0 Å². The number of rotatable bonds is 1. The fourth-order valence-electron chi connectivity index (χ4n) is 1.85. The highest BCUT2D eigenvalue weighted by atomic mass is 79.9. The minimum atomic E-state index is -1.06. The minimum Gasteiger partial charge on any atom is -0.317 e. The number of benzene rings is 1. The fourth-order valence-corrected chi connectivity index (χ4v) is 2.25. The van der Waals surface area contributed by atoms with Crippen molar-refractivity contribution in [2.45, 2.75) is 13.0 Å². The molecule has 3 amide bonds. The molecule has 106 valence electrons. The maximum atomic E-state index is 13.7. The molecule has 1 aliphatic heterocycles. The minimum absolute atomic E-state index is 0.143. The molecule has 2 rings (SSSR count). The molecule has 1 atom stereocenters. The van der Waals surface area contributed by atoms with Crippen molar-refractivity contribution in [3.05, 3.63) is 33.8 Å². The number of halogens is 3. The first-order chi connectivity index (χ1) is 9.31. The van der Waals surface area contributed by atoms with Crippen LogP contribution in [0.15, 0.2) is 16.6 Å². The van der Waals surface area contributed by atoms with E-state index in [2.05, 4.69) is 15.9 Å². The molecule has 1 heterocycles. The van der Waals surface area contributed by atoms with Gasteiger partial charge in [-0.15, -0.1) is 0 Å². The highest BCUT2D eigenvalue weighted by molar-refractivity contribution is 9.10. The van der Waals surface area contributed by atoms with E-state index in [9.17, 15) is 23.2 Å². The molecule has 0 aliphatic carbocycles. The summed E-state index contributed by atoms with van der Waals surface area (Å²) < 4.78 is 27.6. The van der Waals surface area contributed by atoms with Crippen LogP contribution in [0.25, 0.3) is 0 Å². The van der Waals surface area contributed by atoms with Crippen LogP contribution in [0, 0.1) is 11.6 Å². The number of carbonyl (C=O) groups excluding carboxylic acids is 3. The largest absolute Gasteiger partial charge is 0.317 e. The summed E-state index contributed by atoms with van der Waals surface area (Å²) in [5, 5.41) is 2.04. The lowest BCUT2D eigenvalue weighted by Crippen LogP contribution is -2.58. The van der Waals surface area contributed by atoms with Crippen molar-refractivity contribution in [3.8, 4) is 0 Å². The summed E-state index contributed by atoms with van der Waals surface area (Å²) in [5.41, 5.74) is -0.789. The van der Waals surface area contributed by atoms with Gasteiger partial charge in [0.05, 0.1) is 0 Å². The predicted molar refractivity (Wildman–Crippen MR) is 67.7 cm³/mol. The van der Waals surface area contributed by atoms with Crippen LogP contribution in [0.2, 0.25) is 0 Å². The molecule has 0 saturated carbocycles. The lowest BCUT2D eigenvalue weighted by molar-refractivity contribution is -0.138. The summed E-state index contributed by atoms with van der Waals surface area (Å²) in [6.45, 7) is 0.940. The highest BCUT2D eigenvalue weighted by Gasteiger charge is 2.36. The van der Waals surface area contributed by atoms with Crippen LogP contribution >= 0.6 is 15.9 Å². The first-order valence-corrected chi connectivity index (χ1v) is 6.39. The van der Waals surface area contributed by atoms with Crippen molar-refractivity contribution in [2.75, 3.05) is 6.54 Å². The van der Waals surface area contributed by atoms with Gasteiger partial charge in [-0.05, 0) is 19.1 Å². The number of hydrogen-bond donors (Lipinski definition) is 1. The Balaban J connectivity index is 2.41. The summed E-state index contributed by atoms with van der Waals surface area (Å²) in [5.74, 6) is -4.55. The van der Waals surface area contributed by atoms with Gasteiger partial charge in [-0.3, -0.25) is 19.7 Å². The third-order valence-electron chi connectivity index (χ3n) is 2.91. The third-order valence-corrected chi connectivity index (χ3v) is 3.36. The molecular weight excluding hydrogens is 338 g/mol. The van der Waals surface area contributed by atoms with Gasteiger partial charge in [-0.1, -0.05) is 15.9 Å². The monoisotopic (exact) mass is 346 g/mol. The van der Waals surface area contributed by atoms with Gasteiger partial charge in [0.25, 0.3) is 5.91 Å². The fraction of sp³-hybridized carbons (Fsp3) is 0.250. The second kappa shape index (κ2) is 5.28. The molecule has 5 nitrogen and oxygen atoms in total. The number of nitrogens with one attached hydrogen (secondary N) is 1. The topological polar surface area (TPSA) is 66.5 Å². The molecule has 0 bridgehead atoms. The summed E-state index contributed by atoms with van der Waals surface area (Å²) in [6.07, 6.45) is 0. The molecule has 1 aromatic carbocycles. The lowest BCUT2D eigenvalue weighted by Gasteiger charge is -2.31. The van der Waals surface area contributed by atoms with Crippen molar-refractivity contribution in [1.29, 1.82) is 0 Å². The van der Waals surface area contributed by atoms with E-state index in [1.165, 1.54) is 6.92 Å². The molecule has 0 aromatic heterocycles. The quantitative estimate of drug-likeness (QED) is 0.777. The molecule has 0 spiro atoms. The van der Waals surface area contributed by atoms with Crippen molar-refractivity contribution in [2.24, 2.45) is 0 Å². The Kier molecular flexibility index (Phi) is 3.85. The van der Waals surface area contributed by atoms with Gasteiger partial charge in [0.15, 0.2) is 0 Å². The number of piperazine rings is 1. The molecule has 1 aromatic rings. The molecule has 1 saturated heterocycles. The lowest BCUT2D eigenvalue weighted by atomic mass is 10.1. The Morgan fingerprint density at radius 1 is 1.35 bits per heavy atom. The second-order valence-electron chi connectivity index (χ2n) is 4.27. The van der Waals surface area contributed by atoms with Crippen molar-refractivity contribution < 1.29 is 23.2 Å². The van der Waals surface area contributed by atoms with Gasteiger partial charge >= 0.3 is 0 Å². The molecule has 0 radical (unpaired) electrons. The van der Waals surface area contributed by atoms with Gasteiger partial charge in [0.1, 0.15) is 29.8 Å². The predicted octanol–water partition coefficient (Wildman–Crippen LogP) is 1.21. The van der Waals surface area contributed by atoms with Gasteiger partial charge in [0, 0.05) is 4.47 Å². The zero-order valence-electron chi connectivity index (χ0n) is 10.2. The average molecular weight is 347 g/mol. The van der Waals surface area contributed by atoms with E-state index in [1.54, 1.807) is 0 Å². The first kappa shape index (κ1) is 14.6. The standard InChI is InChI=1S/C12H9BrF2N2O3/c1-5-11(19)16-9(18)4-17(5)12(20)10-7(14)2-6(13)3-8(10)15/h2-3,5H,4H2,1H3,(H,16,18,19). The van der Waals surface area contributed by atoms with Gasteiger partial charge in [-0.2, -0.15) is 0 Å². The Morgan fingerprint density at radius 3 is 2.45 bits per heavy atom. The van der Waals surface area contributed by atoms with E-state index < -0.39 is 47.5 Å². The Bertz CT molecular complexity index is 598. The number of hydrogen-bond acceptors (Lipinski definition) is 3. The average Bonchev–Trinajstić information content (AvgIpc) is 2.32. The van der Waals surface area contributed by atoms with Gasteiger partial charge < -0.3 is 4.90 Å². The van der Waals surface area contributed by atoms with E-state index in [1.807, 2.05) is 5.32 Å². The molecule has 1 fully saturated rings. The van der Waals surface area contributed by atoms with E-state index in [4.69, 9.17) is 0 Å². The van der Waals surface area contributed by atoms with Crippen LogP contribution in [0.3, 0.4) is 0 Å². The Labute approximate surface area is 121 Å². The van der Waals surface area contributed by atoms with Crippen molar-refractivity contribution in [3.63, 3.8) is 0 Å². The molecule has 1 N–H and O–H groups in total. The zero-order valence-corrected chi connectivity index (χ0v) is 11.8. The van der Waals surface area contributed by atoms with Gasteiger partial charge in [0.2, 0.25) is 11.8 Å². The van der Waals surface area contributed by atoms with Crippen LogP contribution < -0.4 is 5.32 Å². The van der Waals surface area contributed by atoms with E-state index in [-0.39, 0.29) is 4.47 Å². The molecule has 1 aliphatic rings. The van der Waals surface area contributed by atoms with E-state index in [0.717, 1.165) is 17.0 Å². The van der Waals surface area contributed by atoms with Crippen LogP contribution in [0.5, 0.6) is 0 Å². The summed E-state index contributed by atoms with van der Waals surface area (Å²) >= 11 is 2.90. The summed E-state index contributed by atoms with van der Waals surface area (Å²) in [4.78, 5) is 35.7. The SMILES string of the molecule is CC1C(=O)NC(=O)CN1C(=O)c1c(F)cc(Br)cc1F. The normalized spacial score (nSPS) is 19.0. The summed E-state index contributed by atoms with van der Waals surface area (Å²) in [6, 6.07) is 0.891. The summed E-state index contributed by atoms with van der Waals surface area (Å²) in [7, 11) is 0. The number of carbonyl (C=O) groups is 3. The number of amides is 3. The first-order valence-electron chi connectivity index (χ1n) is 5.60. The number of imide groups is 1. The third kappa shape index (κ3) is 2.55. The van der Waals surface area contributed by atoms with Crippen molar-refractivity contribution >= 4 is 33.7 Å². The van der Waals surface area contributed by atoms with Crippen LogP contribution in [-0.2, 0) is 9.59 Å². The Hall–Kier alpha value is -1.83. The molecule has 20 heavy (non-hydrogen) atoms. The number of nitrogens with zero attached hydrogens (tertiary/aromatic N) is 1. The van der Waals surface area contributed by atoms with Crippen LogP contribution in [0.1, 0.15) is 17.3 Å². The van der Waals surface area contributed by atoms with E-state index >= 15 is 0 Å². The smallest absolute Gasteiger partial charge is 0.260 e.